The zero-order valence-electron chi connectivity index (χ0n) is 11.6. The number of hydrogen-bond donors (Lipinski definition) is 2. The molecular formula is C15H22FNO2. The van der Waals surface area contributed by atoms with E-state index >= 15 is 0 Å². The van der Waals surface area contributed by atoms with Gasteiger partial charge in [-0.1, -0.05) is 19.1 Å². The van der Waals surface area contributed by atoms with Gasteiger partial charge in [-0.15, -0.1) is 0 Å². The molecule has 1 aliphatic carbocycles. The molecule has 0 bridgehead atoms. The third-order valence-corrected chi connectivity index (χ3v) is 3.81. The van der Waals surface area contributed by atoms with E-state index in [0.717, 1.165) is 19.4 Å². The molecule has 1 fully saturated rings. The summed E-state index contributed by atoms with van der Waals surface area (Å²) in [6.07, 6.45) is 2.18. The van der Waals surface area contributed by atoms with Crippen LogP contribution in [0.1, 0.15) is 25.3 Å². The monoisotopic (exact) mass is 267 g/mol. The van der Waals surface area contributed by atoms with Gasteiger partial charge in [0.2, 0.25) is 0 Å². The van der Waals surface area contributed by atoms with Gasteiger partial charge < -0.3 is 15.2 Å². The number of halogens is 1. The summed E-state index contributed by atoms with van der Waals surface area (Å²) in [7, 11) is 0. The minimum Gasteiger partial charge on any atom is -0.488 e. The normalized spacial score (nSPS) is 18.1. The van der Waals surface area contributed by atoms with Gasteiger partial charge in [0.25, 0.3) is 0 Å². The second kappa shape index (κ2) is 5.88. The first kappa shape index (κ1) is 14.3. The van der Waals surface area contributed by atoms with Gasteiger partial charge in [0, 0.05) is 0 Å². The molecule has 19 heavy (non-hydrogen) atoms. The highest BCUT2D eigenvalue weighted by molar-refractivity contribution is 5.30. The van der Waals surface area contributed by atoms with Crippen LogP contribution in [0.4, 0.5) is 4.39 Å². The molecule has 1 saturated carbocycles. The number of benzene rings is 1. The summed E-state index contributed by atoms with van der Waals surface area (Å²) in [5, 5.41) is 13.0. The highest BCUT2D eigenvalue weighted by Gasteiger charge is 2.45. The van der Waals surface area contributed by atoms with E-state index in [-0.39, 0.29) is 18.2 Å². The molecule has 4 heteroatoms. The summed E-state index contributed by atoms with van der Waals surface area (Å²) >= 11 is 0. The fourth-order valence-corrected chi connectivity index (χ4v) is 2.47. The van der Waals surface area contributed by atoms with E-state index in [1.165, 1.54) is 0 Å². The van der Waals surface area contributed by atoms with Crippen molar-refractivity contribution in [3.63, 3.8) is 0 Å². The number of aliphatic hydroxyl groups excluding tert-OH is 1. The first-order valence-electron chi connectivity index (χ1n) is 6.86. The number of hydrogen-bond acceptors (Lipinski definition) is 3. The quantitative estimate of drug-likeness (QED) is 0.796. The fourth-order valence-electron chi connectivity index (χ4n) is 2.47. The lowest BCUT2D eigenvalue weighted by Crippen LogP contribution is -2.55. The summed E-state index contributed by atoms with van der Waals surface area (Å²) in [5.74, 6) is 0.364. The Morgan fingerprint density at radius 1 is 1.47 bits per heavy atom. The molecule has 0 amide bonds. The smallest absolute Gasteiger partial charge is 0.167 e. The third-order valence-electron chi connectivity index (χ3n) is 3.81. The molecule has 106 valence electrons. The van der Waals surface area contributed by atoms with Crippen LogP contribution in [-0.2, 0) is 0 Å². The van der Waals surface area contributed by atoms with Crippen molar-refractivity contribution >= 4 is 0 Å². The Labute approximate surface area is 113 Å². The van der Waals surface area contributed by atoms with Gasteiger partial charge in [-0.25, -0.2) is 4.39 Å². The van der Waals surface area contributed by atoms with Crippen molar-refractivity contribution in [2.75, 3.05) is 19.8 Å². The number of nitrogens with one attached hydrogen (secondary N) is 1. The second-order valence-electron chi connectivity index (χ2n) is 5.29. The molecule has 3 nitrogen and oxygen atoms in total. The van der Waals surface area contributed by atoms with Gasteiger partial charge >= 0.3 is 0 Å². The van der Waals surface area contributed by atoms with Crippen molar-refractivity contribution in [2.24, 2.45) is 5.92 Å². The molecule has 1 aromatic rings. The van der Waals surface area contributed by atoms with Crippen LogP contribution in [0.15, 0.2) is 18.2 Å². The number of aryl methyl sites for hydroxylation is 1. The predicted molar refractivity (Wildman–Crippen MR) is 72.8 cm³/mol. The maximum atomic E-state index is 13.9. The van der Waals surface area contributed by atoms with Crippen LogP contribution in [0.3, 0.4) is 0 Å². The van der Waals surface area contributed by atoms with Gasteiger partial charge in [-0.3, -0.25) is 0 Å². The SMILES string of the molecule is CCNC(CO)(COc1cccc(C)c1F)C1CC1. The molecule has 0 aromatic heterocycles. The number of ether oxygens (including phenoxy) is 1. The second-order valence-corrected chi connectivity index (χ2v) is 5.29. The first-order valence-corrected chi connectivity index (χ1v) is 6.86. The van der Waals surface area contributed by atoms with Crippen LogP contribution in [0.5, 0.6) is 5.75 Å². The molecule has 0 aliphatic heterocycles. The number of likely N-dealkylation sites (N-methyl/N-ethyl adjacent to an activating group) is 1. The van der Waals surface area contributed by atoms with Crippen LogP contribution in [-0.4, -0.2) is 30.4 Å². The molecular weight excluding hydrogens is 245 g/mol. The number of rotatable bonds is 7. The standard InChI is InChI=1S/C15H22FNO2/c1-3-17-15(9-18,12-7-8-12)10-19-13-6-4-5-11(2)14(13)16/h4-6,12,17-18H,3,7-10H2,1-2H3. The van der Waals surface area contributed by atoms with Gasteiger partial charge in [0.1, 0.15) is 6.61 Å². The van der Waals surface area contributed by atoms with Crippen LogP contribution in [0.2, 0.25) is 0 Å². The summed E-state index contributed by atoms with van der Waals surface area (Å²) in [6.45, 7) is 4.78. The lowest BCUT2D eigenvalue weighted by Gasteiger charge is -2.33. The van der Waals surface area contributed by atoms with Crippen molar-refractivity contribution in [3.05, 3.63) is 29.6 Å². The number of aliphatic hydroxyl groups is 1. The van der Waals surface area contributed by atoms with E-state index in [1.54, 1.807) is 25.1 Å². The van der Waals surface area contributed by atoms with Crippen LogP contribution in [0.25, 0.3) is 0 Å². The first-order chi connectivity index (χ1) is 9.13. The zero-order valence-corrected chi connectivity index (χ0v) is 11.6. The van der Waals surface area contributed by atoms with Gasteiger partial charge in [-0.05, 0) is 43.9 Å². The lowest BCUT2D eigenvalue weighted by molar-refractivity contribution is 0.0845. The maximum absolute atomic E-state index is 13.9. The molecule has 1 aromatic carbocycles. The molecule has 1 atom stereocenters. The molecule has 2 N–H and O–H groups in total. The van der Waals surface area contributed by atoms with E-state index in [1.807, 2.05) is 6.92 Å². The van der Waals surface area contributed by atoms with E-state index in [9.17, 15) is 9.50 Å². The largest absolute Gasteiger partial charge is 0.488 e. The molecule has 1 aliphatic rings. The highest BCUT2D eigenvalue weighted by Crippen LogP contribution is 2.40. The van der Waals surface area contributed by atoms with Gasteiger partial charge in [0.15, 0.2) is 11.6 Å². The van der Waals surface area contributed by atoms with E-state index in [4.69, 9.17) is 4.74 Å². The topological polar surface area (TPSA) is 41.5 Å². The average Bonchev–Trinajstić information content (AvgIpc) is 3.24. The van der Waals surface area contributed by atoms with Crippen LogP contribution in [0, 0.1) is 18.7 Å². The Morgan fingerprint density at radius 2 is 2.21 bits per heavy atom. The minimum absolute atomic E-state index is 0.0128. The van der Waals surface area contributed by atoms with Crippen molar-refractivity contribution in [1.29, 1.82) is 0 Å². The third kappa shape index (κ3) is 3.07. The van der Waals surface area contributed by atoms with Crippen LogP contribution < -0.4 is 10.1 Å². The molecule has 0 spiro atoms. The predicted octanol–water partition coefficient (Wildman–Crippen LogP) is 2.26. The molecule has 0 saturated heterocycles. The average molecular weight is 267 g/mol. The Bertz CT molecular complexity index is 434. The Balaban J connectivity index is 2.08. The van der Waals surface area contributed by atoms with Crippen molar-refractivity contribution in [3.8, 4) is 5.75 Å². The molecule has 2 rings (SSSR count). The highest BCUT2D eigenvalue weighted by atomic mass is 19.1. The molecule has 1 unspecified atom stereocenters. The maximum Gasteiger partial charge on any atom is 0.167 e. The minimum atomic E-state index is -0.440. The summed E-state index contributed by atoms with van der Waals surface area (Å²) in [6, 6.07) is 5.12. The summed E-state index contributed by atoms with van der Waals surface area (Å²) in [4.78, 5) is 0. The van der Waals surface area contributed by atoms with E-state index < -0.39 is 5.54 Å². The van der Waals surface area contributed by atoms with Gasteiger partial charge in [-0.2, -0.15) is 0 Å². The Morgan fingerprint density at radius 3 is 2.79 bits per heavy atom. The summed E-state index contributed by atoms with van der Waals surface area (Å²) < 4.78 is 19.5. The fraction of sp³-hybridized carbons (Fsp3) is 0.600. The lowest BCUT2D eigenvalue weighted by atomic mass is 9.95. The van der Waals surface area contributed by atoms with Crippen molar-refractivity contribution < 1.29 is 14.2 Å². The molecule has 0 heterocycles. The molecule has 0 radical (unpaired) electrons. The Kier molecular flexibility index (Phi) is 4.42. The van der Waals surface area contributed by atoms with Crippen LogP contribution >= 0.6 is 0 Å². The zero-order chi connectivity index (χ0) is 13.9. The van der Waals surface area contributed by atoms with Gasteiger partial charge in [0.05, 0.1) is 12.1 Å². The van der Waals surface area contributed by atoms with E-state index in [2.05, 4.69) is 5.32 Å². The van der Waals surface area contributed by atoms with Crippen molar-refractivity contribution in [1.82, 2.24) is 5.32 Å². The Hall–Kier alpha value is -1.13. The van der Waals surface area contributed by atoms with Crippen molar-refractivity contribution in [2.45, 2.75) is 32.2 Å². The van der Waals surface area contributed by atoms with E-state index in [0.29, 0.717) is 18.1 Å². The summed E-state index contributed by atoms with van der Waals surface area (Å²) in [5.41, 5.74) is 0.132.